The molecule has 0 spiro atoms. The summed E-state index contributed by atoms with van der Waals surface area (Å²) < 4.78 is 13.0. The zero-order valence-electron chi connectivity index (χ0n) is 13.0. The second kappa shape index (κ2) is 6.87. The van der Waals surface area contributed by atoms with Crippen LogP contribution < -0.4 is 5.32 Å². The molecule has 2 atom stereocenters. The van der Waals surface area contributed by atoms with Crippen LogP contribution in [0.25, 0.3) is 10.6 Å². The molecule has 122 valence electrons. The summed E-state index contributed by atoms with van der Waals surface area (Å²) in [7, 11) is 0. The van der Waals surface area contributed by atoms with E-state index in [2.05, 4.69) is 10.3 Å². The molecule has 0 aliphatic rings. The zero-order valence-corrected chi connectivity index (χ0v) is 13.8. The first-order valence-electron chi connectivity index (χ1n) is 7.06. The lowest BCUT2D eigenvalue weighted by molar-refractivity contribution is -0.146. The number of aryl methyl sites for hydroxylation is 1. The lowest BCUT2D eigenvalue weighted by atomic mass is 10.1. The Labute approximate surface area is 137 Å². The lowest BCUT2D eigenvalue weighted by Gasteiger charge is -2.14. The topological polar surface area (TPSA) is 79.3 Å². The molecule has 0 radical (unpaired) electrons. The number of carbonyl (C=O) groups excluding carboxylic acids is 1. The molecule has 1 aromatic heterocycles. The second-order valence-electron chi connectivity index (χ2n) is 5.27. The van der Waals surface area contributed by atoms with Gasteiger partial charge in [-0.2, -0.15) is 0 Å². The number of nitrogens with one attached hydrogen (secondary N) is 1. The first-order chi connectivity index (χ1) is 10.8. The van der Waals surface area contributed by atoms with E-state index in [1.807, 2.05) is 6.92 Å². The Morgan fingerprint density at radius 3 is 2.43 bits per heavy atom. The molecule has 1 amide bonds. The summed E-state index contributed by atoms with van der Waals surface area (Å²) in [6.07, 6.45) is 0. The summed E-state index contributed by atoms with van der Waals surface area (Å²) in [5.74, 6) is -3.13. The third-order valence-electron chi connectivity index (χ3n) is 3.44. The summed E-state index contributed by atoms with van der Waals surface area (Å²) in [6, 6.07) is 5.67. The lowest BCUT2D eigenvalue weighted by Crippen LogP contribution is -2.35. The van der Waals surface area contributed by atoms with Crippen molar-refractivity contribution in [3.05, 3.63) is 40.7 Å². The number of carbonyl (C=O) groups is 2. The number of amides is 1. The van der Waals surface area contributed by atoms with Gasteiger partial charge in [-0.05, 0) is 45.0 Å². The molecule has 23 heavy (non-hydrogen) atoms. The Kier molecular flexibility index (Phi) is 5.10. The van der Waals surface area contributed by atoms with Gasteiger partial charge in [-0.3, -0.25) is 9.59 Å². The fourth-order valence-electron chi connectivity index (χ4n) is 2.04. The number of hydrogen-bond acceptors (Lipinski definition) is 4. The van der Waals surface area contributed by atoms with E-state index in [1.54, 1.807) is 19.1 Å². The highest BCUT2D eigenvalue weighted by Gasteiger charge is 2.24. The number of aromatic nitrogens is 1. The maximum Gasteiger partial charge on any atom is 0.315 e. The zero-order chi connectivity index (χ0) is 17.1. The fourth-order valence-corrected chi connectivity index (χ4v) is 3.12. The second-order valence-corrected chi connectivity index (χ2v) is 6.30. The number of benzene rings is 1. The summed E-state index contributed by atoms with van der Waals surface area (Å²) in [4.78, 5) is 28.0. The minimum atomic E-state index is -1.16. The van der Waals surface area contributed by atoms with Crippen molar-refractivity contribution in [2.75, 3.05) is 0 Å². The SMILES string of the molecule is Cc1nc(-c2ccc(F)cc2)sc1C(C)NC(=O)C(C)C(=O)O. The minimum absolute atomic E-state index is 0.314. The normalized spacial score (nSPS) is 13.4. The van der Waals surface area contributed by atoms with Crippen LogP contribution in [0.3, 0.4) is 0 Å². The van der Waals surface area contributed by atoms with Gasteiger partial charge in [-0.25, -0.2) is 9.37 Å². The number of halogens is 1. The van der Waals surface area contributed by atoms with E-state index >= 15 is 0 Å². The molecule has 0 aliphatic carbocycles. The monoisotopic (exact) mass is 336 g/mol. The van der Waals surface area contributed by atoms with E-state index in [4.69, 9.17) is 5.11 Å². The van der Waals surface area contributed by atoms with Crippen molar-refractivity contribution < 1.29 is 19.1 Å². The first kappa shape index (κ1) is 17.1. The average Bonchev–Trinajstić information content (AvgIpc) is 2.89. The van der Waals surface area contributed by atoms with Gasteiger partial charge in [0.25, 0.3) is 0 Å². The van der Waals surface area contributed by atoms with E-state index in [1.165, 1.54) is 30.4 Å². The molecule has 2 rings (SSSR count). The largest absolute Gasteiger partial charge is 0.481 e. The maximum atomic E-state index is 13.0. The third kappa shape index (κ3) is 3.92. The van der Waals surface area contributed by atoms with Crippen LogP contribution in [0.15, 0.2) is 24.3 Å². The minimum Gasteiger partial charge on any atom is -0.481 e. The van der Waals surface area contributed by atoms with Crippen molar-refractivity contribution in [3.63, 3.8) is 0 Å². The predicted octanol–water partition coefficient (Wildman–Crippen LogP) is 3.16. The molecular weight excluding hydrogens is 319 g/mol. The molecule has 7 heteroatoms. The Hall–Kier alpha value is -2.28. The number of thiazole rings is 1. The molecule has 0 saturated heterocycles. The van der Waals surface area contributed by atoms with Crippen LogP contribution in [0.4, 0.5) is 4.39 Å². The van der Waals surface area contributed by atoms with Crippen molar-refractivity contribution in [3.8, 4) is 10.6 Å². The highest BCUT2D eigenvalue weighted by atomic mass is 32.1. The van der Waals surface area contributed by atoms with Gasteiger partial charge < -0.3 is 10.4 Å². The first-order valence-corrected chi connectivity index (χ1v) is 7.87. The van der Waals surface area contributed by atoms with Gasteiger partial charge in [0.05, 0.1) is 16.6 Å². The van der Waals surface area contributed by atoms with Crippen LogP contribution in [0.5, 0.6) is 0 Å². The van der Waals surface area contributed by atoms with E-state index in [0.717, 1.165) is 21.1 Å². The van der Waals surface area contributed by atoms with E-state index in [0.29, 0.717) is 0 Å². The van der Waals surface area contributed by atoms with Gasteiger partial charge in [0.1, 0.15) is 16.7 Å². The number of carboxylic acid groups (broad SMARTS) is 1. The molecular formula is C16H17FN2O3S. The standard InChI is InChI=1S/C16H17FN2O3S/c1-8(16(21)22)14(20)18-9(2)13-10(3)19-15(23-13)11-4-6-12(17)7-5-11/h4-9H,1-3H3,(H,18,20)(H,21,22). The Balaban J connectivity index is 2.19. The van der Waals surface area contributed by atoms with Crippen LogP contribution in [-0.2, 0) is 9.59 Å². The van der Waals surface area contributed by atoms with Crippen molar-refractivity contribution in [1.29, 1.82) is 0 Å². The van der Waals surface area contributed by atoms with Crippen LogP contribution in [0.2, 0.25) is 0 Å². The molecule has 2 unspecified atom stereocenters. The summed E-state index contributed by atoms with van der Waals surface area (Å²) >= 11 is 1.39. The van der Waals surface area contributed by atoms with Crippen molar-refractivity contribution >= 4 is 23.2 Å². The van der Waals surface area contributed by atoms with Crippen LogP contribution in [0, 0.1) is 18.7 Å². The van der Waals surface area contributed by atoms with Crippen molar-refractivity contribution in [2.45, 2.75) is 26.8 Å². The molecule has 0 aliphatic heterocycles. The summed E-state index contributed by atoms with van der Waals surface area (Å²) in [5, 5.41) is 12.3. The average molecular weight is 336 g/mol. The Morgan fingerprint density at radius 1 is 1.26 bits per heavy atom. The number of nitrogens with zero attached hydrogens (tertiary/aromatic N) is 1. The smallest absolute Gasteiger partial charge is 0.315 e. The van der Waals surface area contributed by atoms with Gasteiger partial charge in [-0.1, -0.05) is 0 Å². The number of rotatable bonds is 5. The Bertz CT molecular complexity index is 727. The molecule has 1 heterocycles. The van der Waals surface area contributed by atoms with E-state index in [-0.39, 0.29) is 11.9 Å². The fraction of sp³-hybridized carbons (Fsp3) is 0.312. The third-order valence-corrected chi connectivity index (χ3v) is 4.83. The van der Waals surface area contributed by atoms with Gasteiger partial charge in [0.15, 0.2) is 0 Å². The van der Waals surface area contributed by atoms with Crippen LogP contribution in [-0.4, -0.2) is 22.0 Å². The highest BCUT2D eigenvalue weighted by molar-refractivity contribution is 7.15. The number of aliphatic carboxylic acids is 1. The van der Waals surface area contributed by atoms with Gasteiger partial charge in [-0.15, -0.1) is 11.3 Å². The molecule has 0 saturated carbocycles. The quantitative estimate of drug-likeness (QED) is 0.822. The predicted molar refractivity (Wildman–Crippen MR) is 85.6 cm³/mol. The molecule has 0 bridgehead atoms. The van der Waals surface area contributed by atoms with Crippen LogP contribution in [0.1, 0.15) is 30.5 Å². The molecule has 2 N–H and O–H groups in total. The summed E-state index contributed by atoms with van der Waals surface area (Å²) in [5.41, 5.74) is 1.55. The summed E-state index contributed by atoms with van der Waals surface area (Å²) in [6.45, 7) is 4.94. The maximum absolute atomic E-state index is 13.0. The van der Waals surface area contributed by atoms with Gasteiger partial charge in [0, 0.05) is 5.56 Å². The van der Waals surface area contributed by atoms with Crippen molar-refractivity contribution in [2.24, 2.45) is 5.92 Å². The number of carboxylic acids is 1. The van der Waals surface area contributed by atoms with Crippen LogP contribution >= 0.6 is 11.3 Å². The molecule has 2 aromatic rings. The van der Waals surface area contributed by atoms with E-state index in [9.17, 15) is 14.0 Å². The highest BCUT2D eigenvalue weighted by Crippen LogP contribution is 2.31. The Morgan fingerprint density at radius 2 is 1.87 bits per heavy atom. The van der Waals surface area contributed by atoms with E-state index < -0.39 is 17.8 Å². The molecule has 5 nitrogen and oxygen atoms in total. The van der Waals surface area contributed by atoms with Crippen molar-refractivity contribution in [1.82, 2.24) is 10.3 Å². The molecule has 1 aromatic carbocycles. The van der Waals surface area contributed by atoms with Gasteiger partial charge in [0.2, 0.25) is 5.91 Å². The molecule has 0 fully saturated rings. The van der Waals surface area contributed by atoms with Gasteiger partial charge >= 0.3 is 5.97 Å². The number of hydrogen-bond donors (Lipinski definition) is 2.